The van der Waals surface area contributed by atoms with Crippen molar-refractivity contribution in [3.8, 4) is 0 Å². The molecule has 1 aromatic rings. The van der Waals surface area contributed by atoms with E-state index < -0.39 is 0 Å². The minimum atomic E-state index is -0.376. The van der Waals surface area contributed by atoms with Gasteiger partial charge in [-0.25, -0.2) is 4.79 Å². The molecule has 0 fully saturated rings. The number of nitrogen functional groups attached to an aromatic ring is 1. The molecule has 0 bridgehead atoms. The smallest absolute Gasteiger partial charge is 0.339 e. The van der Waals surface area contributed by atoms with Gasteiger partial charge in [-0.05, 0) is 24.3 Å². The first-order valence-corrected chi connectivity index (χ1v) is 6.78. The number of benzene rings is 1. The van der Waals surface area contributed by atoms with E-state index in [0.717, 1.165) is 10.6 Å². The molecule has 0 aliphatic rings. The van der Waals surface area contributed by atoms with E-state index in [-0.39, 0.29) is 5.97 Å². The quantitative estimate of drug-likeness (QED) is 0.365. The van der Waals surface area contributed by atoms with Gasteiger partial charge in [0.05, 0.1) is 18.4 Å². The van der Waals surface area contributed by atoms with Crippen molar-refractivity contribution < 1.29 is 9.53 Å². The molecule has 0 radical (unpaired) electrons. The molecular formula is C13H19NO2S. The number of nitrogens with two attached hydrogens (primary N) is 1. The zero-order valence-electron chi connectivity index (χ0n) is 10.4. The summed E-state index contributed by atoms with van der Waals surface area (Å²) in [7, 11) is 1.36. The Morgan fingerprint density at radius 1 is 1.41 bits per heavy atom. The number of hydrogen-bond donors (Lipinski definition) is 1. The first kappa shape index (κ1) is 13.9. The number of carbonyl (C=O) groups excluding carboxylic acids is 1. The molecule has 1 rings (SSSR count). The van der Waals surface area contributed by atoms with Crippen LogP contribution in [0.5, 0.6) is 0 Å². The van der Waals surface area contributed by atoms with Crippen molar-refractivity contribution in [3.05, 3.63) is 23.8 Å². The molecule has 2 N–H and O–H groups in total. The molecule has 0 amide bonds. The van der Waals surface area contributed by atoms with Crippen LogP contribution in [0.25, 0.3) is 0 Å². The van der Waals surface area contributed by atoms with Crippen LogP contribution in [0.2, 0.25) is 0 Å². The number of hydrogen-bond acceptors (Lipinski definition) is 4. The van der Waals surface area contributed by atoms with Gasteiger partial charge >= 0.3 is 5.97 Å². The summed E-state index contributed by atoms with van der Waals surface area (Å²) in [5, 5.41) is 0. The lowest BCUT2D eigenvalue weighted by atomic mass is 10.2. The fourth-order valence-electron chi connectivity index (χ4n) is 1.49. The molecular weight excluding hydrogens is 234 g/mol. The Morgan fingerprint density at radius 3 is 2.82 bits per heavy atom. The Kier molecular flexibility index (Phi) is 5.91. The lowest BCUT2D eigenvalue weighted by Crippen LogP contribution is -2.06. The highest BCUT2D eigenvalue weighted by Crippen LogP contribution is 2.29. The van der Waals surface area contributed by atoms with Gasteiger partial charge in [-0.1, -0.05) is 25.8 Å². The molecule has 3 nitrogen and oxygen atoms in total. The third kappa shape index (κ3) is 3.97. The first-order chi connectivity index (χ1) is 8.20. The maximum atomic E-state index is 11.5. The number of thioether (sulfide) groups is 1. The summed E-state index contributed by atoms with van der Waals surface area (Å²) in [6, 6.07) is 5.47. The average Bonchev–Trinajstić information content (AvgIpc) is 2.35. The van der Waals surface area contributed by atoms with Gasteiger partial charge in [-0.15, -0.1) is 11.8 Å². The highest BCUT2D eigenvalue weighted by Gasteiger charge is 2.12. The molecule has 1 aromatic carbocycles. The maximum absolute atomic E-state index is 11.5. The van der Waals surface area contributed by atoms with Crippen LogP contribution in [-0.2, 0) is 4.74 Å². The fraction of sp³-hybridized carbons (Fsp3) is 0.462. The summed E-state index contributed by atoms with van der Waals surface area (Å²) in [5.74, 6) is 0.654. The zero-order chi connectivity index (χ0) is 12.7. The van der Waals surface area contributed by atoms with E-state index in [0.29, 0.717) is 11.3 Å². The van der Waals surface area contributed by atoms with E-state index in [1.165, 1.54) is 26.4 Å². The van der Waals surface area contributed by atoms with Gasteiger partial charge in [0, 0.05) is 4.90 Å². The van der Waals surface area contributed by atoms with Crippen molar-refractivity contribution in [2.24, 2.45) is 0 Å². The predicted octanol–water partition coefficient (Wildman–Crippen LogP) is 3.34. The highest BCUT2D eigenvalue weighted by atomic mass is 32.2. The predicted molar refractivity (Wildman–Crippen MR) is 72.4 cm³/mol. The van der Waals surface area contributed by atoms with Gasteiger partial charge in [-0.2, -0.15) is 0 Å². The third-order valence-electron chi connectivity index (χ3n) is 2.48. The van der Waals surface area contributed by atoms with Crippen LogP contribution < -0.4 is 5.73 Å². The van der Waals surface area contributed by atoms with Gasteiger partial charge < -0.3 is 10.5 Å². The molecule has 0 aromatic heterocycles. The average molecular weight is 253 g/mol. The van der Waals surface area contributed by atoms with Crippen LogP contribution in [0.1, 0.15) is 36.5 Å². The van der Waals surface area contributed by atoms with E-state index in [1.807, 2.05) is 12.1 Å². The number of methoxy groups -OCH3 is 1. The summed E-state index contributed by atoms with van der Waals surface area (Å²) in [6.45, 7) is 2.18. The molecule has 0 saturated heterocycles. The second-order valence-electron chi connectivity index (χ2n) is 3.76. The number of carbonyl (C=O) groups is 1. The third-order valence-corrected chi connectivity index (χ3v) is 3.64. The topological polar surface area (TPSA) is 52.3 Å². The van der Waals surface area contributed by atoms with Crippen LogP contribution >= 0.6 is 11.8 Å². The molecule has 94 valence electrons. The number of rotatable bonds is 6. The molecule has 0 heterocycles. The molecule has 0 aliphatic carbocycles. The minimum absolute atomic E-state index is 0.376. The summed E-state index contributed by atoms with van der Waals surface area (Å²) < 4.78 is 4.69. The fourth-order valence-corrected chi connectivity index (χ4v) is 2.50. The molecule has 0 aliphatic heterocycles. The van der Waals surface area contributed by atoms with Gasteiger partial charge in [0.25, 0.3) is 0 Å². The van der Waals surface area contributed by atoms with Crippen LogP contribution in [0.15, 0.2) is 23.1 Å². The first-order valence-electron chi connectivity index (χ1n) is 5.80. The Hall–Kier alpha value is -1.16. The lowest BCUT2D eigenvalue weighted by Gasteiger charge is -2.09. The SMILES string of the molecule is CCCCCSc1cccc(C(=O)OC)c1N. The van der Waals surface area contributed by atoms with Crippen molar-refractivity contribution in [1.29, 1.82) is 0 Å². The van der Waals surface area contributed by atoms with Crippen LogP contribution in [-0.4, -0.2) is 18.8 Å². The molecule has 0 saturated carbocycles. The number of unbranched alkanes of at least 4 members (excludes halogenated alkanes) is 2. The van der Waals surface area contributed by atoms with Crippen molar-refractivity contribution in [2.75, 3.05) is 18.6 Å². The van der Waals surface area contributed by atoms with Crippen molar-refractivity contribution in [1.82, 2.24) is 0 Å². The number of esters is 1. The molecule has 0 spiro atoms. The van der Waals surface area contributed by atoms with Crippen molar-refractivity contribution >= 4 is 23.4 Å². The van der Waals surface area contributed by atoms with E-state index >= 15 is 0 Å². The second-order valence-corrected chi connectivity index (χ2v) is 4.90. The van der Waals surface area contributed by atoms with Gasteiger partial charge in [0.1, 0.15) is 0 Å². The Bertz CT molecular complexity index is 380. The van der Waals surface area contributed by atoms with Crippen LogP contribution in [0.4, 0.5) is 5.69 Å². The normalized spacial score (nSPS) is 10.2. The Morgan fingerprint density at radius 2 is 2.18 bits per heavy atom. The standard InChI is InChI=1S/C13H19NO2S/c1-3-4-5-9-17-11-8-6-7-10(12(11)14)13(15)16-2/h6-8H,3-5,9,14H2,1-2H3. The van der Waals surface area contributed by atoms with E-state index in [4.69, 9.17) is 5.73 Å². The Labute approximate surface area is 107 Å². The zero-order valence-corrected chi connectivity index (χ0v) is 11.2. The monoisotopic (exact) mass is 253 g/mol. The highest BCUT2D eigenvalue weighted by molar-refractivity contribution is 7.99. The van der Waals surface area contributed by atoms with Gasteiger partial charge in [0.2, 0.25) is 0 Å². The van der Waals surface area contributed by atoms with Crippen LogP contribution in [0, 0.1) is 0 Å². The van der Waals surface area contributed by atoms with E-state index in [2.05, 4.69) is 11.7 Å². The Balaban J connectivity index is 2.70. The number of ether oxygens (including phenoxy) is 1. The van der Waals surface area contributed by atoms with Gasteiger partial charge in [0.15, 0.2) is 0 Å². The minimum Gasteiger partial charge on any atom is -0.465 e. The number of anilines is 1. The largest absolute Gasteiger partial charge is 0.465 e. The molecule has 4 heteroatoms. The van der Waals surface area contributed by atoms with Crippen molar-refractivity contribution in [3.63, 3.8) is 0 Å². The summed E-state index contributed by atoms with van der Waals surface area (Å²) >= 11 is 1.70. The van der Waals surface area contributed by atoms with Crippen LogP contribution in [0.3, 0.4) is 0 Å². The summed E-state index contributed by atoms with van der Waals surface area (Å²) in [5.41, 5.74) is 6.93. The maximum Gasteiger partial charge on any atom is 0.339 e. The van der Waals surface area contributed by atoms with Gasteiger partial charge in [-0.3, -0.25) is 0 Å². The molecule has 0 atom stereocenters. The molecule has 17 heavy (non-hydrogen) atoms. The van der Waals surface area contributed by atoms with E-state index in [9.17, 15) is 4.79 Å². The van der Waals surface area contributed by atoms with E-state index in [1.54, 1.807) is 17.8 Å². The second kappa shape index (κ2) is 7.22. The number of para-hydroxylation sites is 1. The molecule has 0 unspecified atom stereocenters. The van der Waals surface area contributed by atoms with Crippen molar-refractivity contribution in [2.45, 2.75) is 31.1 Å². The summed E-state index contributed by atoms with van der Waals surface area (Å²) in [4.78, 5) is 12.4. The summed E-state index contributed by atoms with van der Waals surface area (Å²) in [6.07, 6.45) is 3.60. The lowest BCUT2D eigenvalue weighted by molar-refractivity contribution is 0.0601.